The van der Waals surface area contributed by atoms with E-state index in [4.69, 9.17) is 0 Å². The van der Waals surface area contributed by atoms with Crippen LogP contribution in [0, 0.1) is 5.92 Å². The molecule has 2 aromatic carbocycles. The molecule has 5 heteroatoms. The molecule has 0 saturated heterocycles. The Kier molecular flexibility index (Phi) is 4.10. The second kappa shape index (κ2) is 6.77. The van der Waals surface area contributed by atoms with Crippen molar-refractivity contribution < 1.29 is 9.59 Å². The van der Waals surface area contributed by atoms with Crippen LogP contribution in [0.25, 0.3) is 0 Å². The molecule has 0 fully saturated rings. The molecular formula is C23H16N2O2S. The molecule has 0 saturated carbocycles. The number of allylic oxidation sites excluding steroid dienone is 1. The Morgan fingerprint density at radius 2 is 1.46 bits per heavy atom. The van der Waals surface area contributed by atoms with E-state index < -0.39 is 5.92 Å². The molecule has 2 aliphatic rings. The van der Waals surface area contributed by atoms with E-state index >= 15 is 0 Å². The summed E-state index contributed by atoms with van der Waals surface area (Å²) in [6.45, 7) is 0. The highest BCUT2D eigenvalue weighted by Gasteiger charge is 2.42. The molecule has 2 atom stereocenters. The summed E-state index contributed by atoms with van der Waals surface area (Å²) in [6.07, 6.45) is 1.96. The molecule has 1 aliphatic heterocycles. The Hall–Kier alpha value is -3.18. The zero-order chi connectivity index (χ0) is 19.1. The predicted octanol–water partition coefficient (Wildman–Crippen LogP) is 5.62. The molecule has 0 spiro atoms. The van der Waals surface area contributed by atoms with Crippen LogP contribution in [0.5, 0.6) is 0 Å². The molecule has 1 aromatic heterocycles. The minimum Gasteiger partial charge on any atom is -0.293 e. The Bertz CT molecular complexity index is 1080. The van der Waals surface area contributed by atoms with Gasteiger partial charge in [0.1, 0.15) is 12.0 Å². The molecule has 5 rings (SSSR count). The first-order chi connectivity index (χ1) is 13.7. The molecule has 136 valence electrons. The van der Waals surface area contributed by atoms with E-state index in [1.165, 1.54) is 0 Å². The summed E-state index contributed by atoms with van der Waals surface area (Å²) in [5, 5.41) is 10.9. The number of azo groups is 1. The number of thiophene rings is 1. The molecule has 3 aromatic rings. The van der Waals surface area contributed by atoms with Gasteiger partial charge in [-0.15, -0.1) is 11.3 Å². The zero-order valence-electron chi connectivity index (χ0n) is 14.9. The van der Waals surface area contributed by atoms with E-state index in [9.17, 15) is 9.59 Å². The summed E-state index contributed by atoms with van der Waals surface area (Å²) in [7, 11) is 0. The first kappa shape index (κ1) is 17.0. The number of carbonyl (C=O) groups excluding carboxylic acids is 2. The van der Waals surface area contributed by atoms with Gasteiger partial charge in [0.2, 0.25) is 0 Å². The van der Waals surface area contributed by atoms with Crippen LogP contribution in [0.4, 0.5) is 0 Å². The molecule has 0 radical (unpaired) electrons. The molecule has 2 heterocycles. The third kappa shape index (κ3) is 2.67. The smallest absolute Gasteiger partial charge is 0.180 e. The molecule has 0 amide bonds. The van der Waals surface area contributed by atoms with Crippen LogP contribution in [0.3, 0.4) is 0 Å². The van der Waals surface area contributed by atoms with Gasteiger partial charge >= 0.3 is 0 Å². The number of hydrogen-bond acceptors (Lipinski definition) is 5. The van der Waals surface area contributed by atoms with Gasteiger partial charge in [0, 0.05) is 21.9 Å². The summed E-state index contributed by atoms with van der Waals surface area (Å²) < 4.78 is 0. The number of nitrogens with zero attached hydrogens (tertiary/aromatic N) is 2. The maximum atomic E-state index is 12.9. The molecular weight excluding hydrogens is 368 g/mol. The Morgan fingerprint density at radius 3 is 2.11 bits per heavy atom. The fourth-order valence-corrected chi connectivity index (χ4v) is 4.73. The number of hydrogen-bond donors (Lipinski definition) is 0. The first-order valence-electron chi connectivity index (χ1n) is 9.12. The standard InChI is InChI=1S/C23H16N2O2S/c26-22-15-9-4-5-10-16(15)23(27)20(22)18-13-17(14-7-2-1-3-8-14)21(25-24-18)19-11-6-12-28-19/h1-13,17,20-21H/t17-,21+/m0/s1. The van der Waals surface area contributed by atoms with Gasteiger partial charge in [-0.3, -0.25) is 9.59 Å². The van der Waals surface area contributed by atoms with Crippen LogP contribution in [-0.4, -0.2) is 11.6 Å². The van der Waals surface area contributed by atoms with Gasteiger partial charge in [-0.25, -0.2) is 0 Å². The van der Waals surface area contributed by atoms with Crippen molar-refractivity contribution in [3.05, 3.63) is 105 Å². The molecule has 28 heavy (non-hydrogen) atoms. The molecule has 0 unspecified atom stereocenters. The van der Waals surface area contributed by atoms with Crippen LogP contribution < -0.4 is 0 Å². The van der Waals surface area contributed by atoms with Crippen molar-refractivity contribution in [1.82, 2.24) is 0 Å². The van der Waals surface area contributed by atoms with Gasteiger partial charge in [-0.2, -0.15) is 10.2 Å². The lowest BCUT2D eigenvalue weighted by Crippen LogP contribution is -2.20. The SMILES string of the molecule is O=C1c2ccccc2C(=O)C1C1=C[C@@H](c2ccccc2)[C@H](c2cccs2)N=N1. The summed E-state index contributed by atoms with van der Waals surface area (Å²) in [4.78, 5) is 26.9. The topological polar surface area (TPSA) is 58.9 Å². The summed E-state index contributed by atoms with van der Waals surface area (Å²) in [5.74, 6) is -1.34. The van der Waals surface area contributed by atoms with Crippen LogP contribution >= 0.6 is 11.3 Å². The second-order valence-electron chi connectivity index (χ2n) is 6.91. The van der Waals surface area contributed by atoms with Gasteiger partial charge in [0.25, 0.3) is 0 Å². The predicted molar refractivity (Wildman–Crippen MR) is 108 cm³/mol. The van der Waals surface area contributed by atoms with Gasteiger partial charge in [-0.05, 0) is 23.1 Å². The molecule has 1 aliphatic carbocycles. The van der Waals surface area contributed by atoms with E-state index in [0.717, 1.165) is 10.4 Å². The monoisotopic (exact) mass is 384 g/mol. The molecule has 0 bridgehead atoms. The van der Waals surface area contributed by atoms with Crippen LogP contribution in [0.1, 0.15) is 43.1 Å². The lowest BCUT2D eigenvalue weighted by atomic mass is 9.86. The number of fused-ring (bicyclic) bond motifs is 1. The van der Waals surface area contributed by atoms with Crippen LogP contribution in [0.15, 0.2) is 94.1 Å². The minimum atomic E-state index is -0.892. The summed E-state index contributed by atoms with van der Waals surface area (Å²) >= 11 is 1.64. The number of benzene rings is 2. The van der Waals surface area contributed by atoms with Crippen molar-refractivity contribution in [3.63, 3.8) is 0 Å². The van der Waals surface area contributed by atoms with Crippen molar-refractivity contribution in [2.45, 2.75) is 12.0 Å². The highest BCUT2D eigenvalue weighted by molar-refractivity contribution is 7.10. The Morgan fingerprint density at radius 1 is 0.786 bits per heavy atom. The normalized spacial score (nSPS) is 21.6. The van der Waals surface area contributed by atoms with Crippen molar-refractivity contribution in [2.75, 3.05) is 0 Å². The van der Waals surface area contributed by atoms with E-state index in [0.29, 0.717) is 16.8 Å². The van der Waals surface area contributed by atoms with E-state index in [1.54, 1.807) is 35.6 Å². The summed E-state index contributed by atoms with van der Waals surface area (Å²) in [6, 6.07) is 20.9. The first-order valence-corrected chi connectivity index (χ1v) is 10.0. The zero-order valence-corrected chi connectivity index (χ0v) is 15.7. The number of rotatable bonds is 3. The Balaban J connectivity index is 1.57. The maximum absolute atomic E-state index is 12.9. The van der Waals surface area contributed by atoms with Crippen molar-refractivity contribution >= 4 is 22.9 Å². The third-order valence-corrected chi connectivity index (χ3v) is 6.23. The lowest BCUT2D eigenvalue weighted by Gasteiger charge is -2.25. The van der Waals surface area contributed by atoms with Gasteiger partial charge in [-0.1, -0.05) is 60.7 Å². The Labute approximate surface area is 166 Å². The van der Waals surface area contributed by atoms with Crippen LogP contribution in [-0.2, 0) is 0 Å². The van der Waals surface area contributed by atoms with Gasteiger partial charge in [0.15, 0.2) is 11.6 Å². The number of ketones is 2. The van der Waals surface area contributed by atoms with Crippen LogP contribution in [0.2, 0.25) is 0 Å². The second-order valence-corrected chi connectivity index (χ2v) is 7.89. The molecule has 0 N–H and O–H groups in total. The average molecular weight is 384 g/mol. The van der Waals surface area contributed by atoms with Crippen molar-refractivity contribution in [2.24, 2.45) is 16.1 Å². The lowest BCUT2D eigenvalue weighted by molar-refractivity contribution is 0.0861. The third-order valence-electron chi connectivity index (χ3n) is 5.29. The average Bonchev–Trinajstić information content (AvgIpc) is 3.36. The highest BCUT2D eigenvalue weighted by Crippen LogP contribution is 2.44. The summed E-state index contributed by atoms with van der Waals surface area (Å²) in [5.41, 5.74) is 2.50. The maximum Gasteiger partial charge on any atom is 0.180 e. The number of carbonyl (C=O) groups is 2. The molecule has 4 nitrogen and oxygen atoms in total. The van der Waals surface area contributed by atoms with Crippen molar-refractivity contribution in [1.29, 1.82) is 0 Å². The van der Waals surface area contributed by atoms with Gasteiger partial charge < -0.3 is 0 Å². The highest BCUT2D eigenvalue weighted by atomic mass is 32.1. The minimum absolute atomic E-state index is 0.0725. The fourth-order valence-electron chi connectivity index (χ4n) is 3.92. The van der Waals surface area contributed by atoms with E-state index in [1.807, 2.05) is 53.9 Å². The van der Waals surface area contributed by atoms with Crippen molar-refractivity contribution in [3.8, 4) is 0 Å². The quantitative estimate of drug-likeness (QED) is 0.550. The largest absolute Gasteiger partial charge is 0.293 e. The van der Waals surface area contributed by atoms with Gasteiger partial charge in [0.05, 0.1) is 5.70 Å². The van der Waals surface area contributed by atoms with E-state index in [2.05, 4.69) is 10.2 Å². The fraction of sp³-hybridized carbons (Fsp3) is 0.130. The van der Waals surface area contributed by atoms with E-state index in [-0.39, 0.29) is 23.5 Å². The number of Topliss-reactive ketones (excluding diaryl/α,β-unsaturated/α-hetero) is 2.